The van der Waals surface area contributed by atoms with Crippen LogP contribution in [0.3, 0.4) is 0 Å². The number of ether oxygens (including phenoxy) is 1. The normalized spacial score (nSPS) is 19.4. The van der Waals surface area contributed by atoms with E-state index < -0.39 is 10.0 Å². The topological polar surface area (TPSA) is 75.7 Å². The number of benzene rings is 2. The Labute approximate surface area is 195 Å². The molecule has 2 saturated heterocycles. The Morgan fingerprint density at radius 1 is 1.03 bits per heavy atom. The fourth-order valence-electron chi connectivity index (χ4n) is 4.56. The minimum atomic E-state index is -3.65. The van der Waals surface area contributed by atoms with Gasteiger partial charge in [0.2, 0.25) is 10.0 Å². The zero-order chi connectivity index (χ0) is 22.6. The average molecular weight is 477 g/mol. The third-order valence-electron chi connectivity index (χ3n) is 6.56. The second kappa shape index (κ2) is 9.91. The molecule has 0 bridgehead atoms. The molecule has 2 aromatic carbocycles. The molecule has 2 heterocycles. The molecular formula is C24H29ClN2O4S. The second-order valence-corrected chi connectivity index (χ2v) is 10.9. The molecule has 0 spiro atoms. The van der Waals surface area contributed by atoms with Crippen LogP contribution in [0.4, 0.5) is 0 Å². The van der Waals surface area contributed by atoms with E-state index >= 15 is 0 Å². The van der Waals surface area contributed by atoms with Crippen molar-refractivity contribution in [1.29, 1.82) is 0 Å². The van der Waals surface area contributed by atoms with Crippen molar-refractivity contribution >= 4 is 27.5 Å². The largest absolute Gasteiger partial charge is 0.381 e. The second-order valence-electron chi connectivity index (χ2n) is 8.55. The molecule has 0 saturated carbocycles. The van der Waals surface area contributed by atoms with E-state index in [1.54, 1.807) is 0 Å². The SMILES string of the molecule is O=C(NCC1(c2ccccc2)CCOCC1)c1cc(S(=O)(=O)N2CCCCC2)ccc1Cl. The van der Waals surface area contributed by atoms with Gasteiger partial charge >= 0.3 is 0 Å². The predicted molar refractivity (Wildman–Crippen MR) is 125 cm³/mol. The molecule has 172 valence electrons. The monoisotopic (exact) mass is 476 g/mol. The molecule has 32 heavy (non-hydrogen) atoms. The molecule has 2 aromatic rings. The van der Waals surface area contributed by atoms with Gasteiger partial charge < -0.3 is 10.1 Å². The van der Waals surface area contributed by atoms with Crippen LogP contribution in [0.15, 0.2) is 53.4 Å². The summed E-state index contributed by atoms with van der Waals surface area (Å²) in [6, 6.07) is 14.5. The highest BCUT2D eigenvalue weighted by Crippen LogP contribution is 2.34. The molecule has 0 atom stereocenters. The summed E-state index contributed by atoms with van der Waals surface area (Å²) < 4.78 is 33.2. The van der Waals surface area contributed by atoms with Crippen LogP contribution in [0.1, 0.15) is 48.0 Å². The van der Waals surface area contributed by atoms with Crippen LogP contribution < -0.4 is 5.32 Å². The molecule has 0 radical (unpaired) electrons. The van der Waals surface area contributed by atoms with Crippen molar-refractivity contribution in [2.75, 3.05) is 32.8 Å². The first-order valence-electron chi connectivity index (χ1n) is 11.1. The van der Waals surface area contributed by atoms with Crippen molar-refractivity contribution in [1.82, 2.24) is 9.62 Å². The number of hydrogen-bond acceptors (Lipinski definition) is 4. The first-order chi connectivity index (χ1) is 15.4. The van der Waals surface area contributed by atoms with E-state index in [0.717, 1.165) is 37.7 Å². The Bertz CT molecular complexity index is 1050. The lowest BCUT2D eigenvalue weighted by atomic mass is 9.74. The van der Waals surface area contributed by atoms with E-state index in [0.29, 0.717) is 32.8 Å². The molecule has 8 heteroatoms. The molecule has 2 fully saturated rings. The summed E-state index contributed by atoms with van der Waals surface area (Å²) in [5.41, 5.74) is 1.12. The molecular weight excluding hydrogens is 448 g/mol. The van der Waals surface area contributed by atoms with E-state index in [1.807, 2.05) is 18.2 Å². The maximum atomic E-state index is 13.1. The first-order valence-corrected chi connectivity index (χ1v) is 13.0. The van der Waals surface area contributed by atoms with Crippen molar-refractivity contribution < 1.29 is 17.9 Å². The number of halogens is 1. The summed E-state index contributed by atoms with van der Waals surface area (Å²) >= 11 is 6.31. The van der Waals surface area contributed by atoms with Crippen molar-refractivity contribution in [2.24, 2.45) is 0 Å². The highest BCUT2D eigenvalue weighted by molar-refractivity contribution is 7.89. The van der Waals surface area contributed by atoms with Gasteiger partial charge in [0.25, 0.3) is 5.91 Å². The van der Waals surface area contributed by atoms with Crippen LogP contribution in [0.5, 0.6) is 0 Å². The molecule has 1 amide bonds. The third kappa shape index (κ3) is 4.86. The number of amides is 1. The van der Waals surface area contributed by atoms with Crippen molar-refractivity contribution in [3.05, 3.63) is 64.7 Å². The van der Waals surface area contributed by atoms with Crippen LogP contribution in [0, 0.1) is 0 Å². The standard InChI is InChI=1S/C24H29ClN2O4S/c25-22-10-9-20(32(29,30)27-13-5-2-6-14-27)17-21(22)23(28)26-18-24(11-15-31-16-12-24)19-7-3-1-4-8-19/h1,3-4,7-10,17H,2,5-6,11-16,18H2,(H,26,28). The Balaban J connectivity index is 1.55. The molecule has 1 N–H and O–H groups in total. The molecule has 2 aliphatic rings. The van der Waals surface area contributed by atoms with Gasteiger partial charge in [-0.1, -0.05) is 48.4 Å². The van der Waals surface area contributed by atoms with Gasteiger partial charge in [-0.25, -0.2) is 8.42 Å². The molecule has 6 nitrogen and oxygen atoms in total. The molecule has 0 unspecified atom stereocenters. The summed E-state index contributed by atoms with van der Waals surface area (Å²) in [6.45, 7) is 2.71. The molecule has 4 rings (SSSR count). The van der Waals surface area contributed by atoms with Crippen LogP contribution in [0.25, 0.3) is 0 Å². The van der Waals surface area contributed by atoms with E-state index in [4.69, 9.17) is 16.3 Å². The fourth-order valence-corrected chi connectivity index (χ4v) is 6.31. The van der Waals surface area contributed by atoms with Crippen molar-refractivity contribution in [3.63, 3.8) is 0 Å². The smallest absolute Gasteiger partial charge is 0.252 e. The van der Waals surface area contributed by atoms with Gasteiger partial charge in [-0.15, -0.1) is 0 Å². The summed E-state index contributed by atoms with van der Waals surface area (Å²) in [5.74, 6) is -0.368. The van der Waals surface area contributed by atoms with Gasteiger partial charge in [-0.3, -0.25) is 4.79 Å². The summed E-state index contributed by atoms with van der Waals surface area (Å²) in [4.78, 5) is 13.2. The molecule has 0 aliphatic carbocycles. The molecule has 0 aromatic heterocycles. The first kappa shape index (κ1) is 23.2. The van der Waals surface area contributed by atoms with E-state index in [2.05, 4.69) is 17.4 Å². The van der Waals surface area contributed by atoms with Crippen molar-refractivity contribution in [3.8, 4) is 0 Å². The lowest BCUT2D eigenvalue weighted by Gasteiger charge is -2.38. The highest BCUT2D eigenvalue weighted by Gasteiger charge is 2.35. The lowest BCUT2D eigenvalue weighted by Crippen LogP contribution is -2.44. The van der Waals surface area contributed by atoms with Crippen LogP contribution in [-0.2, 0) is 20.2 Å². The summed E-state index contributed by atoms with van der Waals surface area (Å²) in [6.07, 6.45) is 4.34. The minimum Gasteiger partial charge on any atom is -0.381 e. The van der Waals surface area contributed by atoms with Gasteiger partial charge in [0.15, 0.2) is 0 Å². The van der Waals surface area contributed by atoms with Gasteiger partial charge in [0, 0.05) is 38.3 Å². The Morgan fingerprint density at radius 3 is 2.41 bits per heavy atom. The number of nitrogens with one attached hydrogen (secondary N) is 1. The summed E-state index contributed by atoms with van der Waals surface area (Å²) in [7, 11) is -3.65. The zero-order valence-corrected chi connectivity index (χ0v) is 19.6. The van der Waals surface area contributed by atoms with E-state index in [-0.39, 0.29) is 26.8 Å². The van der Waals surface area contributed by atoms with Crippen LogP contribution >= 0.6 is 11.6 Å². The Kier molecular flexibility index (Phi) is 7.20. The zero-order valence-electron chi connectivity index (χ0n) is 18.1. The number of hydrogen-bond donors (Lipinski definition) is 1. The number of sulfonamides is 1. The number of carbonyl (C=O) groups is 1. The third-order valence-corrected chi connectivity index (χ3v) is 8.78. The van der Waals surface area contributed by atoms with Gasteiger partial charge in [-0.2, -0.15) is 4.31 Å². The number of piperidine rings is 1. The van der Waals surface area contributed by atoms with Gasteiger partial charge in [-0.05, 0) is 49.4 Å². The van der Waals surface area contributed by atoms with Gasteiger partial charge in [0.1, 0.15) is 0 Å². The van der Waals surface area contributed by atoms with Crippen LogP contribution in [0.2, 0.25) is 5.02 Å². The van der Waals surface area contributed by atoms with E-state index in [1.165, 1.54) is 22.5 Å². The van der Waals surface area contributed by atoms with Crippen LogP contribution in [-0.4, -0.2) is 51.5 Å². The lowest BCUT2D eigenvalue weighted by molar-refractivity contribution is 0.0487. The minimum absolute atomic E-state index is 0.109. The van der Waals surface area contributed by atoms with E-state index in [9.17, 15) is 13.2 Å². The predicted octanol–water partition coefficient (Wildman–Crippen LogP) is 3.99. The molecule has 2 aliphatic heterocycles. The number of carbonyl (C=O) groups excluding carboxylic acids is 1. The Morgan fingerprint density at radius 2 is 1.72 bits per heavy atom. The maximum absolute atomic E-state index is 13.1. The quantitative estimate of drug-likeness (QED) is 0.683. The van der Waals surface area contributed by atoms with Crippen molar-refractivity contribution in [2.45, 2.75) is 42.4 Å². The maximum Gasteiger partial charge on any atom is 0.252 e. The fraction of sp³-hybridized carbons (Fsp3) is 0.458. The average Bonchev–Trinajstić information content (AvgIpc) is 2.84. The number of rotatable bonds is 6. The highest BCUT2D eigenvalue weighted by atomic mass is 35.5. The Hall–Kier alpha value is -1.93. The summed E-state index contributed by atoms with van der Waals surface area (Å²) in [5, 5.41) is 3.26. The number of nitrogens with zero attached hydrogens (tertiary/aromatic N) is 1. The van der Waals surface area contributed by atoms with Gasteiger partial charge in [0.05, 0.1) is 15.5 Å².